The lowest BCUT2D eigenvalue weighted by Crippen LogP contribution is -2.44. The summed E-state index contributed by atoms with van der Waals surface area (Å²) in [6.07, 6.45) is 7.12. The average molecular weight is 469 g/mol. The van der Waals surface area contributed by atoms with Gasteiger partial charge in [0, 0.05) is 30.7 Å². The molecule has 7 nitrogen and oxygen atoms in total. The van der Waals surface area contributed by atoms with Crippen molar-refractivity contribution >= 4 is 33.8 Å². The summed E-state index contributed by atoms with van der Waals surface area (Å²) in [6.45, 7) is 4.92. The standard InChI is InChI=1S/C19H27BrN2O.C2H2O4/c20-18-9-5-7-16(13-18)14-21-10-6-8-17(15-21)19(23)22-11-3-1-2-4-12-22;3-1(4)2(5)6/h5,7,9,13,17H,1-4,6,8,10-12,14-15H2;(H,3,4)(H,5,6). The van der Waals surface area contributed by atoms with E-state index in [1.807, 2.05) is 0 Å². The summed E-state index contributed by atoms with van der Waals surface area (Å²) >= 11 is 3.54. The van der Waals surface area contributed by atoms with Gasteiger partial charge in [-0.2, -0.15) is 0 Å². The number of carboxylic acids is 2. The molecule has 0 spiro atoms. The van der Waals surface area contributed by atoms with Gasteiger partial charge in [0.05, 0.1) is 5.92 Å². The SMILES string of the molecule is O=C(C1CCCN(Cc2cccc(Br)c2)C1)N1CCCCCC1.O=C(O)C(=O)O. The van der Waals surface area contributed by atoms with E-state index >= 15 is 0 Å². The topological polar surface area (TPSA) is 98.2 Å². The van der Waals surface area contributed by atoms with Crippen molar-refractivity contribution in [1.82, 2.24) is 9.80 Å². The molecule has 29 heavy (non-hydrogen) atoms. The molecule has 1 unspecified atom stereocenters. The molecule has 2 fully saturated rings. The van der Waals surface area contributed by atoms with Gasteiger partial charge in [0.2, 0.25) is 5.91 Å². The first kappa shape index (κ1) is 23.3. The number of piperidine rings is 1. The van der Waals surface area contributed by atoms with E-state index < -0.39 is 11.9 Å². The van der Waals surface area contributed by atoms with Crippen molar-refractivity contribution in [3.8, 4) is 0 Å². The quantitative estimate of drug-likeness (QED) is 0.660. The van der Waals surface area contributed by atoms with E-state index in [0.29, 0.717) is 5.91 Å². The number of amides is 1. The Kier molecular flexibility index (Phi) is 9.60. The first-order valence-electron chi connectivity index (χ1n) is 10.1. The highest BCUT2D eigenvalue weighted by atomic mass is 79.9. The molecule has 0 radical (unpaired) electrons. The number of likely N-dealkylation sites (tertiary alicyclic amines) is 2. The van der Waals surface area contributed by atoms with Crippen LogP contribution in [0.3, 0.4) is 0 Å². The van der Waals surface area contributed by atoms with E-state index in [4.69, 9.17) is 19.8 Å². The van der Waals surface area contributed by atoms with Crippen molar-refractivity contribution in [1.29, 1.82) is 0 Å². The third-order valence-corrected chi connectivity index (χ3v) is 5.74. The van der Waals surface area contributed by atoms with Gasteiger partial charge in [-0.15, -0.1) is 0 Å². The number of aliphatic carboxylic acids is 2. The van der Waals surface area contributed by atoms with Crippen LogP contribution in [0.25, 0.3) is 0 Å². The van der Waals surface area contributed by atoms with Crippen LogP contribution in [0.1, 0.15) is 44.1 Å². The molecule has 0 bridgehead atoms. The molecule has 1 atom stereocenters. The zero-order chi connectivity index (χ0) is 21.2. The maximum Gasteiger partial charge on any atom is 0.414 e. The van der Waals surface area contributed by atoms with Crippen LogP contribution in [0, 0.1) is 5.92 Å². The Bertz CT molecular complexity index is 692. The largest absolute Gasteiger partial charge is 0.473 e. The Balaban J connectivity index is 0.000000438. The number of hydrogen-bond acceptors (Lipinski definition) is 4. The fourth-order valence-corrected chi connectivity index (χ4v) is 4.29. The molecule has 160 valence electrons. The number of benzene rings is 1. The van der Waals surface area contributed by atoms with E-state index in [1.165, 1.54) is 31.2 Å². The van der Waals surface area contributed by atoms with Crippen molar-refractivity contribution < 1.29 is 24.6 Å². The summed E-state index contributed by atoms with van der Waals surface area (Å²) < 4.78 is 1.13. The minimum Gasteiger partial charge on any atom is -0.473 e. The molecule has 1 aromatic rings. The van der Waals surface area contributed by atoms with Crippen molar-refractivity contribution in [3.63, 3.8) is 0 Å². The number of nitrogens with zero attached hydrogens (tertiary/aromatic N) is 2. The monoisotopic (exact) mass is 468 g/mol. The predicted octanol–water partition coefficient (Wildman–Crippen LogP) is 3.22. The summed E-state index contributed by atoms with van der Waals surface area (Å²) in [5.74, 6) is -3.04. The highest BCUT2D eigenvalue weighted by Crippen LogP contribution is 2.23. The Labute approximate surface area is 179 Å². The van der Waals surface area contributed by atoms with Crippen molar-refractivity contribution in [3.05, 3.63) is 34.3 Å². The van der Waals surface area contributed by atoms with Crippen LogP contribution in [-0.2, 0) is 20.9 Å². The molecule has 1 aromatic carbocycles. The molecule has 2 N–H and O–H groups in total. The molecular formula is C21H29BrN2O5. The van der Waals surface area contributed by atoms with Gasteiger partial charge in [-0.3, -0.25) is 9.69 Å². The molecule has 3 rings (SSSR count). The van der Waals surface area contributed by atoms with Gasteiger partial charge in [-0.1, -0.05) is 40.9 Å². The first-order chi connectivity index (χ1) is 13.9. The molecule has 2 heterocycles. The average Bonchev–Trinajstić information content (AvgIpc) is 2.97. The molecule has 0 saturated carbocycles. The zero-order valence-electron chi connectivity index (χ0n) is 16.6. The van der Waals surface area contributed by atoms with Gasteiger partial charge in [-0.25, -0.2) is 9.59 Å². The van der Waals surface area contributed by atoms with Crippen LogP contribution in [-0.4, -0.2) is 64.0 Å². The highest BCUT2D eigenvalue weighted by molar-refractivity contribution is 9.10. The van der Waals surface area contributed by atoms with E-state index in [9.17, 15) is 4.79 Å². The minimum atomic E-state index is -1.82. The summed E-state index contributed by atoms with van der Waals surface area (Å²) in [4.78, 5) is 35.6. The van der Waals surface area contributed by atoms with Gasteiger partial charge in [0.25, 0.3) is 0 Å². The summed E-state index contributed by atoms with van der Waals surface area (Å²) in [6, 6.07) is 8.50. The van der Waals surface area contributed by atoms with Crippen LogP contribution in [0.2, 0.25) is 0 Å². The predicted molar refractivity (Wildman–Crippen MR) is 112 cm³/mol. The maximum atomic E-state index is 12.8. The minimum absolute atomic E-state index is 0.203. The highest BCUT2D eigenvalue weighted by Gasteiger charge is 2.29. The Morgan fingerprint density at radius 1 is 0.966 bits per heavy atom. The fraction of sp³-hybridized carbons (Fsp3) is 0.571. The molecule has 2 saturated heterocycles. The van der Waals surface area contributed by atoms with Gasteiger partial charge >= 0.3 is 11.9 Å². The van der Waals surface area contributed by atoms with Crippen molar-refractivity contribution in [2.24, 2.45) is 5.92 Å². The smallest absolute Gasteiger partial charge is 0.414 e. The zero-order valence-corrected chi connectivity index (χ0v) is 18.1. The Morgan fingerprint density at radius 3 is 2.21 bits per heavy atom. The van der Waals surface area contributed by atoms with Crippen LogP contribution < -0.4 is 0 Å². The summed E-state index contributed by atoms with van der Waals surface area (Å²) in [5, 5.41) is 14.8. The molecule has 2 aliphatic heterocycles. The third-order valence-electron chi connectivity index (χ3n) is 5.25. The van der Waals surface area contributed by atoms with E-state index in [0.717, 1.165) is 50.0 Å². The van der Waals surface area contributed by atoms with E-state index in [1.54, 1.807) is 0 Å². The van der Waals surface area contributed by atoms with Crippen LogP contribution >= 0.6 is 15.9 Å². The number of hydrogen-bond donors (Lipinski definition) is 2. The normalized spacial score (nSPS) is 20.2. The van der Waals surface area contributed by atoms with Gasteiger partial charge in [0.15, 0.2) is 0 Å². The lowest BCUT2D eigenvalue weighted by molar-refractivity contribution is -0.159. The van der Waals surface area contributed by atoms with Crippen molar-refractivity contribution in [2.75, 3.05) is 26.2 Å². The third kappa shape index (κ3) is 8.14. The molecule has 0 aliphatic carbocycles. The maximum absolute atomic E-state index is 12.8. The Hall–Kier alpha value is -1.93. The van der Waals surface area contributed by atoms with Gasteiger partial charge in [-0.05, 0) is 49.9 Å². The fourth-order valence-electron chi connectivity index (χ4n) is 3.84. The second-order valence-electron chi connectivity index (χ2n) is 7.55. The number of carboxylic acid groups (broad SMARTS) is 2. The number of rotatable bonds is 3. The molecule has 2 aliphatic rings. The number of carbonyl (C=O) groups is 3. The van der Waals surface area contributed by atoms with Crippen molar-refractivity contribution in [2.45, 2.75) is 45.1 Å². The second kappa shape index (κ2) is 11.9. The number of halogens is 1. The van der Waals surface area contributed by atoms with Crippen LogP contribution in [0.5, 0.6) is 0 Å². The van der Waals surface area contributed by atoms with Gasteiger partial charge < -0.3 is 15.1 Å². The molecular weight excluding hydrogens is 440 g/mol. The van der Waals surface area contributed by atoms with E-state index in [-0.39, 0.29) is 5.92 Å². The van der Waals surface area contributed by atoms with Crippen LogP contribution in [0.15, 0.2) is 28.7 Å². The molecule has 1 amide bonds. The van der Waals surface area contributed by atoms with Crippen LogP contribution in [0.4, 0.5) is 0 Å². The number of carbonyl (C=O) groups excluding carboxylic acids is 1. The lowest BCUT2D eigenvalue weighted by atomic mass is 9.96. The summed E-state index contributed by atoms with van der Waals surface area (Å²) in [7, 11) is 0. The first-order valence-corrected chi connectivity index (χ1v) is 10.9. The molecule has 0 aromatic heterocycles. The lowest BCUT2D eigenvalue weighted by Gasteiger charge is -2.34. The van der Waals surface area contributed by atoms with Gasteiger partial charge in [0.1, 0.15) is 0 Å². The summed E-state index contributed by atoms with van der Waals surface area (Å²) in [5.41, 5.74) is 1.32. The Morgan fingerprint density at radius 2 is 1.62 bits per heavy atom. The van der Waals surface area contributed by atoms with E-state index in [2.05, 4.69) is 50.0 Å². The second-order valence-corrected chi connectivity index (χ2v) is 8.47. The molecule has 8 heteroatoms.